The molecule has 1 amide bonds. The number of anilines is 1. The fourth-order valence-corrected chi connectivity index (χ4v) is 3.22. The van der Waals surface area contributed by atoms with E-state index in [9.17, 15) is 23.1 Å². The zero-order valence-electron chi connectivity index (χ0n) is 15.3. The van der Waals surface area contributed by atoms with Crippen molar-refractivity contribution in [3.05, 3.63) is 65.2 Å². The number of hydrogen-bond donors (Lipinski definition) is 3. The highest BCUT2D eigenvalue weighted by Crippen LogP contribution is 2.24. The molecule has 7 nitrogen and oxygen atoms in total. The molecule has 0 fully saturated rings. The highest BCUT2D eigenvalue weighted by atomic mass is 32.2. The van der Waals surface area contributed by atoms with Gasteiger partial charge in [0.1, 0.15) is 0 Å². The van der Waals surface area contributed by atoms with Crippen molar-refractivity contribution in [3.63, 3.8) is 0 Å². The second-order valence-electron chi connectivity index (χ2n) is 6.39. The molecule has 0 saturated carbocycles. The number of hydrogen-bond acceptors (Lipinski definition) is 4. The second kappa shape index (κ2) is 8.22. The molecular formula is C19H22N2O5S. The number of aliphatic carboxylic acids is 1. The molecule has 0 spiro atoms. The van der Waals surface area contributed by atoms with E-state index in [1.807, 2.05) is 0 Å². The van der Waals surface area contributed by atoms with E-state index >= 15 is 0 Å². The van der Waals surface area contributed by atoms with Crippen LogP contribution in [-0.4, -0.2) is 31.7 Å². The maximum Gasteiger partial charge on any atom is 0.308 e. The van der Waals surface area contributed by atoms with Crippen LogP contribution >= 0.6 is 0 Å². The summed E-state index contributed by atoms with van der Waals surface area (Å²) in [5, 5.41) is 12.1. The van der Waals surface area contributed by atoms with Gasteiger partial charge in [-0.05, 0) is 37.1 Å². The Balaban J connectivity index is 2.32. The number of carboxylic acid groups (broad SMARTS) is 1. The Bertz CT molecular complexity index is 942. The minimum Gasteiger partial charge on any atom is -0.481 e. The third-order valence-electron chi connectivity index (χ3n) is 4.13. The lowest BCUT2D eigenvalue weighted by Crippen LogP contribution is -2.35. The first kappa shape index (κ1) is 20.4. The van der Waals surface area contributed by atoms with Gasteiger partial charge in [-0.15, -0.1) is 0 Å². The Morgan fingerprint density at radius 1 is 1.07 bits per heavy atom. The molecule has 0 saturated heterocycles. The zero-order chi connectivity index (χ0) is 20.2. The van der Waals surface area contributed by atoms with Gasteiger partial charge in [-0.2, -0.15) is 0 Å². The van der Waals surface area contributed by atoms with Crippen molar-refractivity contribution in [1.29, 1.82) is 0 Å². The van der Waals surface area contributed by atoms with Crippen LogP contribution in [0.25, 0.3) is 0 Å². The summed E-state index contributed by atoms with van der Waals surface area (Å²) in [5.41, 5.74) is 1.86. The smallest absolute Gasteiger partial charge is 0.308 e. The molecule has 0 aliphatic rings. The van der Waals surface area contributed by atoms with E-state index in [-0.39, 0.29) is 5.56 Å². The van der Waals surface area contributed by atoms with Crippen molar-refractivity contribution in [3.8, 4) is 0 Å². The first-order valence-corrected chi connectivity index (χ1v) is 10.1. The number of nitrogens with one attached hydrogen (secondary N) is 2. The molecule has 0 heterocycles. The van der Waals surface area contributed by atoms with Gasteiger partial charge in [0.05, 0.1) is 23.9 Å². The Morgan fingerprint density at radius 3 is 2.26 bits per heavy atom. The fraction of sp³-hybridized carbons (Fsp3) is 0.263. The molecule has 8 heteroatoms. The molecule has 0 bridgehead atoms. The highest BCUT2D eigenvalue weighted by molar-refractivity contribution is 7.92. The molecular weight excluding hydrogens is 368 g/mol. The van der Waals surface area contributed by atoms with Crippen molar-refractivity contribution in [2.75, 3.05) is 11.0 Å². The third-order valence-corrected chi connectivity index (χ3v) is 4.72. The molecule has 2 aromatic carbocycles. The third kappa shape index (κ3) is 5.55. The van der Waals surface area contributed by atoms with Crippen LogP contribution in [0.1, 0.15) is 34.5 Å². The number of benzene rings is 2. The lowest BCUT2D eigenvalue weighted by Gasteiger charge is -2.23. The maximum atomic E-state index is 12.7. The van der Waals surface area contributed by atoms with E-state index in [2.05, 4.69) is 10.0 Å². The predicted molar refractivity (Wildman–Crippen MR) is 103 cm³/mol. The van der Waals surface area contributed by atoms with Crippen LogP contribution < -0.4 is 10.0 Å². The summed E-state index contributed by atoms with van der Waals surface area (Å²) in [6, 6.07) is 12.7. The number of rotatable bonds is 7. The normalized spacial score (nSPS) is 13.4. The van der Waals surface area contributed by atoms with Gasteiger partial charge in [0.15, 0.2) is 0 Å². The molecule has 0 radical (unpaired) electrons. The summed E-state index contributed by atoms with van der Waals surface area (Å²) >= 11 is 0. The number of sulfonamides is 1. The average molecular weight is 390 g/mol. The molecule has 0 aliphatic heterocycles. The largest absolute Gasteiger partial charge is 0.481 e. The van der Waals surface area contributed by atoms with Gasteiger partial charge in [0.25, 0.3) is 5.91 Å². The predicted octanol–water partition coefficient (Wildman–Crippen LogP) is 2.56. The van der Waals surface area contributed by atoms with E-state index < -0.39 is 33.9 Å². The second-order valence-corrected chi connectivity index (χ2v) is 8.14. The molecule has 2 aromatic rings. The van der Waals surface area contributed by atoms with Gasteiger partial charge in [-0.25, -0.2) is 8.42 Å². The molecule has 0 aromatic heterocycles. The lowest BCUT2D eigenvalue weighted by molar-refractivity contribution is -0.142. The van der Waals surface area contributed by atoms with Crippen LogP contribution in [0.4, 0.5) is 5.69 Å². The monoisotopic (exact) mass is 390 g/mol. The Morgan fingerprint density at radius 2 is 1.70 bits per heavy atom. The van der Waals surface area contributed by atoms with Crippen LogP contribution in [0.5, 0.6) is 0 Å². The van der Waals surface area contributed by atoms with Gasteiger partial charge < -0.3 is 10.4 Å². The average Bonchev–Trinajstić information content (AvgIpc) is 2.60. The van der Waals surface area contributed by atoms with Crippen LogP contribution in [0.15, 0.2) is 48.5 Å². The van der Waals surface area contributed by atoms with E-state index in [0.717, 1.165) is 6.26 Å². The molecule has 144 valence electrons. The van der Waals surface area contributed by atoms with Crippen molar-refractivity contribution < 1.29 is 23.1 Å². The molecule has 2 atom stereocenters. The van der Waals surface area contributed by atoms with Gasteiger partial charge in [-0.1, -0.05) is 36.4 Å². The quantitative estimate of drug-likeness (QED) is 0.672. The van der Waals surface area contributed by atoms with Crippen LogP contribution in [0.3, 0.4) is 0 Å². The van der Waals surface area contributed by atoms with E-state index in [1.165, 1.54) is 13.0 Å². The van der Waals surface area contributed by atoms with E-state index in [1.54, 1.807) is 49.4 Å². The first-order chi connectivity index (χ1) is 12.6. The lowest BCUT2D eigenvalue weighted by atomic mass is 9.94. The van der Waals surface area contributed by atoms with Crippen LogP contribution in [-0.2, 0) is 14.8 Å². The standard InChI is InChI=1S/C19H22N2O5S/c1-12-9-10-15(11-16(12)21-27(3,25)26)18(22)20-17(13(2)19(23)24)14-7-5-4-6-8-14/h4-11,13,17,21H,1-3H3,(H,20,22)(H,23,24). The van der Waals surface area contributed by atoms with Crippen LogP contribution in [0, 0.1) is 12.8 Å². The number of carboxylic acids is 1. The Labute approximate surface area is 158 Å². The van der Waals surface area contributed by atoms with Gasteiger partial charge in [-0.3, -0.25) is 14.3 Å². The van der Waals surface area contributed by atoms with Crippen molar-refractivity contribution >= 4 is 27.6 Å². The zero-order valence-corrected chi connectivity index (χ0v) is 16.1. The topological polar surface area (TPSA) is 113 Å². The summed E-state index contributed by atoms with van der Waals surface area (Å²) < 4.78 is 25.3. The molecule has 3 N–H and O–H groups in total. The summed E-state index contributed by atoms with van der Waals surface area (Å²) in [5.74, 6) is -2.38. The van der Waals surface area contributed by atoms with E-state index in [4.69, 9.17) is 0 Å². The Hall–Kier alpha value is -2.87. The molecule has 27 heavy (non-hydrogen) atoms. The SMILES string of the molecule is Cc1ccc(C(=O)NC(c2ccccc2)C(C)C(=O)O)cc1NS(C)(=O)=O. The Kier molecular flexibility index (Phi) is 6.22. The van der Waals surface area contributed by atoms with Gasteiger partial charge in [0.2, 0.25) is 10.0 Å². The summed E-state index contributed by atoms with van der Waals surface area (Å²) in [7, 11) is -3.49. The van der Waals surface area contributed by atoms with Crippen LogP contribution in [0.2, 0.25) is 0 Å². The highest BCUT2D eigenvalue weighted by Gasteiger charge is 2.27. The van der Waals surface area contributed by atoms with Gasteiger partial charge in [0, 0.05) is 5.56 Å². The summed E-state index contributed by atoms with van der Waals surface area (Å²) in [6.07, 6.45) is 1.03. The fourth-order valence-electron chi connectivity index (χ4n) is 2.60. The number of aryl methyl sites for hydroxylation is 1. The molecule has 2 rings (SSSR count). The van der Waals surface area contributed by atoms with Gasteiger partial charge >= 0.3 is 5.97 Å². The maximum absolute atomic E-state index is 12.7. The molecule has 2 unspecified atom stereocenters. The summed E-state index contributed by atoms with van der Waals surface area (Å²) in [6.45, 7) is 3.24. The summed E-state index contributed by atoms with van der Waals surface area (Å²) in [4.78, 5) is 24.2. The van der Waals surface area contributed by atoms with Crippen molar-refractivity contribution in [1.82, 2.24) is 5.32 Å². The van der Waals surface area contributed by atoms with E-state index in [0.29, 0.717) is 16.8 Å². The minimum atomic E-state index is -3.49. The van der Waals surface area contributed by atoms with Crippen molar-refractivity contribution in [2.24, 2.45) is 5.92 Å². The number of amides is 1. The first-order valence-electron chi connectivity index (χ1n) is 8.25. The number of carbonyl (C=O) groups excluding carboxylic acids is 1. The number of carbonyl (C=O) groups is 2. The van der Waals surface area contributed by atoms with Crippen molar-refractivity contribution in [2.45, 2.75) is 19.9 Å². The molecule has 0 aliphatic carbocycles. The minimum absolute atomic E-state index is 0.227.